The van der Waals surface area contributed by atoms with Crippen LogP contribution in [0.4, 0.5) is 0 Å². The first-order chi connectivity index (χ1) is 10.8. The minimum absolute atomic E-state index is 0.454. The Hall–Kier alpha value is -2.94. The first kappa shape index (κ1) is 12.8. The fourth-order valence-corrected chi connectivity index (χ4v) is 2.46. The quantitative estimate of drug-likeness (QED) is 0.741. The van der Waals surface area contributed by atoms with E-state index in [0.717, 1.165) is 24.4 Å². The van der Waals surface area contributed by atoms with Gasteiger partial charge in [0.1, 0.15) is 0 Å². The molecule has 0 atom stereocenters. The van der Waals surface area contributed by atoms with E-state index in [1.54, 1.807) is 30.0 Å². The van der Waals surface area contributed by atoms with Gasteiger partial charge in [-0.05, 0) is 37.1 Å². The second-order valence-electron chi connectivity index (χ2n) is 5.31. The molecule has 3 aromatic heterocycles. The van der Waals surface area contributed by atoms with Gasteiger partial charge < -0.3 is 4.74 Å². The number of fused-ring (bicyclic) bond motifs is 1. The smallest absolute Gasteiger partial charge is 0.198 e. The van der Waals surface area contributed by atoms with Crippen molar-refractivity contribution in [3.63, 3.8) is 0 Å². The van der Waals surface area contributed by atoms with Crippen LogP contribution >= 0.6 is 0 Å². The van der Waals surface area contributed by atoms with Crippen LogP contribution in [-0.2, 0) is 0 Å². The van der Waals surface area contributed by atoms with E-state index in [1.165, 1.54) is 0 Å². The highest BCUT2D eigenvalue weighted by Crippen LogP contribution is 2.39. The number of nitriles is 1. The van der Waals surface area contributed by atoms with Gasteiger partial charge in [0.05, 0.1) is 30.1 Å². The Morgan fingerprint density at radius 1 is 1.32 bits per heavy atom. The molecule has 4 rings (SSSR count). The van der Waals surface area contributed by atoms with Crippen LogP contribution in [0.5, 0.6) is 5.75 Å². The lowest BCUT2D eigenvalue weighted by Crippen LogP contribution is -1.98. The zero-order valence-corrected chi connectivity index (χ0v) is 12.0. The van der Waals surface area contributed by atoms with E-state index in [1.807, 2.05) is 12.1 Å². The van der Waals surface area contributed by atoms with Crippen LogP contribution in [-0.4, -0.2) is 26.7 Å². The molecule has 1 aliphatic rings. The summed E-state index contributed by atoms with van der Waals surface area (Å²) in [6.07, 6.45) is 3.90. The Morgan fingerprint density at radius 2 is 2.18 bits per heavy atom. The number of nitrogens with zero attached hydrogens (tertiary/aromatic N) is 5. The molecule has 3 heterocycles. The van der Waals surface area contributed by atoms with Crippen molar-refractivity contribution in [3.8, 4) is 23.2 Å². The molecule has 108 valence electrons. The minimum Gasteiger partial charge on any atom is -0.493 e. The van der Waals surface area contributed by atoms with Gasteiger partial charge in [-0.2, -0.15) is 10.4 Å². The molecule has 0 radical (unpaired) electrons. The molecule has 1 fully saturated rings. The van der Waals surface area contributed by atoms with Gasteiger partial charge in [-0.1, -0.05) is 0 Å². The molecule has 0 aromatic carbocycles. The van der Waals surface area contributed by atoms with Crippen molar-refractivity contribution in [3.05, 3.63) is 41.9 Å². The molecule has 1 aliphatic carbocycles. The summed E-state index contributed by atoms with van der Waals surface area (Å²) in [5.74, 6) is 1.98. The van der Waals surface area contributed by atoms with Crippen molar-refractivity contribution in [2.75, 3.05) is 7.11 Å². The lowest BCUT2D eigenvalue weighted by molar-refractivity contribution is 0.416. The van der Waals surface area contributed by atoms with E-state index in [2.05, 4.69) is 21.1 Å². The number of methoxy groups -OCH3 is 1. The Bertz CT molecular complexity index is 905. The van der Waals surface area contributed by atoms with Gasteiger partial charge in [0, 0.05) is 12.1 Å². The maximum absolute atomic E-state index is 9.06. The molecule has 0 unspecified atom stereocenters. The van der Waals surface area contributed by atoms with Crippen LogP contribution in [0.1, 0.15) is 30.1 Å². The fourth-order valence-electron chi connectivity index (χ4n) is 2.46. The van der Waals surface area contributed by atoms with Gasteiger partial charge in [0.2, 0.25) is 0 Å². The van der Waals surface area contributed by atoms with Crippen LogP contribution in [0.3, 0.4) is 0 Å². The second kappa shape index (κ2) is 4.81. The maximum Gasteiger partial charge on any atom is 0.198 e. The second-order valence-corrected chi connectivity index (χ2v) is 5.31. The largest absolute Gasteiger partial charge is 0.493 e. The summed E-state index contributed by atoms with van der Waals surface area (Å²) >= 11 is 0. The number of ether oxygens (including phenoxy) is 1. The third-order valence-electron chi connectivity index (χ3n) is 3.78. The molecule has 0 N–H and O–H groups in total. The van der Waals surface area contributed by atoms with Crippen LogP contribution in [0, 0.1) is 11.3 Å². The van der Waals surface area contributed by atoms with Crippen LogP contribution in [0.2, 0.25) is 0 Å². The summed E-state index contributed by atoms with van der Waals surface area (Å²) in [7, 11) is 1.62. The molecule has 1 saturated carbocycles. The maximum atomic E-state index is 9.06. The molecule has 6 nitrogen and oxygen atoms in total. The van der Waals surface area contributed by atoms with Gasteiger partial charge in [0.25, 0.3) is 0 Å². The zero-order chi connectivity index (χ0) is 15.1. The Kier molecular flexibility index (Phi) is 2.79. The van der Waals surface area contributed by atoms with Gasteiger partial charge in [-0.25, -0.2) is 9.50 Å². The highest BCUT2D eigenvalue weighted by Gasteiger charge is 2.29. The topological polar surface area (TPSA) is 76.1 Å². The van der Waals surface area contributed by atoms with E-state index in [9.17, 15) is 0 Å². The van der Waals surface area contributed by atoms with Gasteiger partial charge in [-0.15, -0.1) is 0 Å². The van der Waals surface area contributed by atoms with Gasteiger partial charge in [-0.3, -0.25) is 4.98 Å². The summed E-state index contributed by atoms with van der Waals surface area (Å²) in [5, 5.41) is 13.7. The Balaban J connectivity index is 1.95. The number of pyridine rings is 2. The Labute approximate surface area is 127 Å². The van der Waals surface area contributed by atoms with Gasteiger partial charge in [0.15, 0.2) is 17.2 Å². The molecule has 6 heteroatoms. The average molecular weight is 291 g/mol. The predicted molar refractivity (Wildman–Crippen MR) is 79.5 cm³/mol. The molecule has 0 spiro atoms. The van der Waals surface area contributed by atoms with Gasteiger partial charge >= 0.3 is 0 Å². The molecule has 0 aliphatic heterocycles. The van der Waals surface area contributed by atoms with E-state index >= 15 is 0 Å². The minimum atomic E-state index is 0.454. The Morgan fingerprint density at radius 3 is 2.91 bits per heavy atom. The summed E-state index contributed by atoms with van der Waals surface area (Å²) in [5.41, 5.74) is 2.74. The zero-order valence-electron chi connectivity index (χ0n) is 12.0. The van der Waals surface area contributed by atoms with Crippen molar-refractivity contribution < 1.29 is 4.74 Å². The summed E-state index contributed by atoms with van der Waals surface area (Å²) in [6.45, 7) is 0. The first-order valence-electron chi connectivity index (χ1n) is 7.10. The lowest BCUT2D eigenvalue weighted by Gasteiger charge is -2.06. The van der Waals surface area contributed by atoms with E-state index in [0.29, 0.717) is 28.6 Å². The lowest BCUT2D eigenvalue weighted by atomic mass is 10.2. The number of hydrogen-bond acceptors (Lipinski definition) is 5. The van der Waals surface area contributed by atoms with Crippen molar-refractivity contribution in [2.45, 2.75) is 18.8 Å². The highest BCUT2D eigenvalue weighted by atomic mass is 16.5. The van der Waals surface area contributed by atoms with Crippen LogP contribution < -0.4 is 4.74 Å². The van der Waals surface area contributed by atoms with Crippen LogP contribution in [0.25, 0.3) is 17.0 Å². The summed E-state index contributed by atoms with van der Waals surface area (Å²) in [4.78, 5) is 8.96. The standard InChI is InChI=1S/C16H13N5O/c1-22-14-5-4-13(12-8-10(9-17)6-7-18-12)21-16(14)19-15(20-21)11-2-3-11/h4-8,11H,2-3H2,1H3. The van der Waals surface area contributed by atoms with Crippen molar-refractivity contribution in [1.29, 1.82) is 5.26 Å². The van der Waals surface area contributed by atoms with Crippen molar-refractivity contribution >= 4 is 5.65 Å². The number of aromatic nitrogens is 4. The van der Waals surface area contributed by atoms with Crippen LogP contribution in [0.15, 0.2) is 30.5 Å². The average Bonchev–Trinajstić information content (AvgIpc) is 3.32. The van der Waals surface area contributed by atoms with E-state index in [-0.39, 0.29) is 0 Å². The number of rotatable bonds is 3. The van der Waals surface area contributed by atoms with E-state index < -0.39 is 0 Å². The molecular formula is C16H13N5O. The normalized spacial score (nSPS) is 14.0. The molecule has 0 amide bonds. The number of hydrogen-bond donors (Lipinski definition) is 0. The predicted octanol–water partition coefficient (Wildman–Crippen LogP) is 2.55. The molecule has 22 heavy (non-hydrogen) atoms. The van der Waals surface area contributed by atoms with E-state index in [4.69, 9.17) is 10.00 Å². The summed E-state index contributed by atoms with van der Waals surface area (Å²) < 4.78 is 7.14. The molecule has 0 bridgehead atoms. The molecular weight excluding hydrogens is 278 g/mol. The highest BCUT2D eigenvalue weighted by molar-refractivity contribution is 5.65. The molecule has 0 saturated heterocycles. The third-order valence-corrected chi connectivity index (χ3v) is 3.78. The first-order valence-corrected chi connectivity index (χ1v) is 7.10. The SMILES string of the molecule is COc1ccc(-c2cc(C#N)ccn2)n2nc(C3CC3)nc12. The monoisotopic (exact) mass is 291 g/mol. The summed E-state index contributed by atoms with van der Waals surface area (Å²) in [6, 6.07) is 9.31. The third kappa shape index (κ3) is 1.99. The fraction of sp³-hybridized carbons (Fsp3) is 0.250. The molecule has 3 aromatic rings. The van der Waals surface area contributed by atoms with Crippen molar-refractivity contribution in [1.82, 2.24) is 19.6 Å². The van der Waals surface area contributed by atoms with Crippen molar-refractivity contribution in [2.24, 2.45) is 0 Å².